The van der Waals surface area contributed by atoms with Gasteiger partial charge in [0.2, 0.25) is 0 Å². The molecule has 4 nitrogen and oxygen atoms in total. The summed E-state index contributed by atoms with van der Waals surface area (Å²) in [7, 11) is 1.70. The van der Waals surface area contributed by atoms with Crippen LogP contribution in [0.4, 0.5) is 0 Å². The van der Waals surface area contributed by atoms with Crippen molar-refractivity contribution in [3.63, 3.8) is 0 Å². The zero-order chi connectivity index (χ0) is 16.2. The van der Waals surface area contributed by atoms with Crippen molar-refractivity contribution < 1.29 is 9.47 Å². The monoisotopic (exact) mass is 308 g/mol. The number of nitrogens with zero attached hydrogens (tertiary/aromatic N) is 1. The summed E-state index contributed by atoms with van der Waals surface area (Å²) in [4.78, 5) is 0. The van der Waals surface area contributed by atoms with E-state index in [0.29, 0.717) is 12.1 Å². The van der Waals surface area contributed by atoms with Gasteiger partial charge in [0.25, 0.3) is 0 Å². The second-order valence-corrected chi connectivity index (χ2v) is 5.82. The Labute approximate surface area is 136 Å². The normalized spacial score (nSPS) is 15.6. The first-order valence-corrected chi connectivity index (χ1v) is 7.76. The largest absolute Gasteiger partial charge is 0.496 e. The number of hydrogen-bond acceptors (Lipinski definition) is 4. The van der Waals surface area contributed by atoms with E-state index in [4.69, 9.17) is 14.7 Å². The van der Waals surface area contributed by atoms with E-state index in [0.717, 1.165) is 35.6 Å². The van der Waals surface area contributed by atoms with Crippen molar-refractivity contribution in [2.45, 2.75) is 32.5 Å². The van der Waals surface area contributed by atoms with E-state index >= 15 is 0 Å². The maximum atomic E-state index is 8.82. The summed E-state index contributed by atoms with van der Waals surface area (Å²) in [5.74, 6) is 1.86. The first-order chi connectivity index (χ1) is 11.2. The van der Waals surface area contributed by atoms with Gasteiger partial charge in [0.05, 0.1) is 18.7 Å². The molecule has 118 valence electrons. The van der Waals surface area contributed by atoms with E-state index in [-0.39, 0.29) is 6.10 Å². The third-order valence-electron chi connectivity index (χ3n) is 4.03. The van der Waals surface area contributed by atoms with Crippen LogP contribution in [0.2, 0.25) is 0 Å². The molecule has 0 fully saturated rings. The molecule has 1 heterocycles. The fourth-order valence-electron chi connectivity index (χ4n) is 2.85. The van der Waals surface area contributed by atoms with Gasteiger partial charge in [-0.2, -0.15) is 5.26 Å². The molecule has 1 unspecified atom stereocenters. The second-order valence-electron chi connectivity index (χ2n) is 5.82. The van der Waals surface area contributed by atoms with Gasteiger partial charge < -0.3 is 14.8 Å². The van der Waals surface area contributed by atoms with Crippen LogP contribution in [0.1, 0.15) is 29.2 Å². The fourth-order valence-corrected chi connectivity index (χ4v) is 2.85. The van der Waals surface area contributed by atoms with Crippen LogP contribution in [0.5, 0.6) is 11.5 Å². The van der Waals surface area contributed by atoms with Gasteiger partial charge in [0, 0.05) is 30.6 Å². The number of benzene rings is 2. The van der Waals surface area contributed by atoms with Crippen molar-refractivity contribution >= 4 is 0 Å². The molecule has 0 aliphatic carbocycles. The second kappa shape index (κ2) is 6.72. The Morgan fingerprint density at radius 2 is 2.04 bits per heavy atom. The standard InChI is InChI=1S/C19H20N2O2/c1-13-7-16-8-18(22-2)17(9-19(16)23-13)12-21-11-15-5-3-14(10-20)4-6-15/h3-6,8-9,13,21H,7,11-12H2,1-2H3. The Balaban J connectivity index is 1.66. The van der Waals surface area contributed by atoms with Gasteiger partial charge in [-0.3, -0.25) is 0 Å². The van der Waals surface area contributed by atoms with Crippen LogP contribution in [0.3, 0.4) is 0 Å². The van der Waals surface area contributed by atoms with E-state index in [2.05, 4.69) is 30.4 Å². The number of nitrogens with one attached hydrogen (secondary N) is 1. The van der Waals surface area contributed by atoms with Crippen LogP contribution in [-0.2, 0) is 19.5 Å². The van der Waals surface area contributed by atoms with Gasteiger partial charge in [-0.05, 0) is 36.8 Å². The molecule has 1 aliphatic rings. The molecule has 0 radical (unpaired) electrons. The van der Waals surface area contributed by atoms with E-state index < -0.39 is 0 Å². The van der Waals surface area contributed by atoms with Gasteiger partial charge in [-0.1, -0.05) is 12.1 Å². The Kier molecular flexibility index (Phi) is 4.50. The smallest absolute Gasteiger partial charge is 0.123 e. The predicted octanol–water partition coefficient (Wildman–Crippen LogP) is 3.18. The lowest BCUT2D eigenvalue weighted by Crippen LogP contribution is -2.13. The third kappa shape index (κ3) is 3.46. The molecule has 3 rings (SSSR count). The molecule has 0 saturated carbocycles. The van der Waals surface area contributed by atoms with Crippen LogP contribution in [-0.4, -0.2) is 13.2 Å². The molecule has 23 heavy (non-hydrogen) atoms. The lowest BCUT2D eigenvalue weighted by molar-refractivity contribution is 0.254. The Bertz CT molecular complexity index is 732. The molecule has 0 aromatic heterocycles. The topological polar surface area (TPSA) is 54.3 Å². The van der Waals surface area contributed by atoms with Gasteiger partial charge in [0.15, 0.2) is 0 Å². The molecule has 1 N–H and O–H groups in total. The van der Waals surface area contributed by atoms with Crippen molar-refractivity contribution in [1.82, 2.24) is 5.32 Å². The molecule has 2 aromatic carbocycles. The average Bonchev–Trinajstić information content (AvgIpc) is 2.93. The highest BCUT2D eigenvalue weighted by Crippen LogP contribution is 2.34. The zero-order valence-corrected chi connectivity index (χ0v) is 13.4. The quantitative estimate of drug-likeness (QED) is 0.921. The van der Waals surface area contributed by atoms with E-state index in [1.807, 2.05) is 24.3 Å². The summed E-state index contributed by atoms with van der Waals surface area (Å²) in [6.07, 6.45) is 1.17. The summed E-state index contributed by atoms with van der Waals surface area (Å²) in [6, 6.07) is 13.9. The molecule has 0 saturated heterocycles. The molecule has 0 spiro atoms. The number of nitriles is 1. The Hall–Kier alpha value is -2.51. The van der Waals surface area contributed by atoms with Gasteiger partial charge >= 0.3 is 0 Å². The maximum absolute atomic E-state index is 8.82. The molecule has 1 atom stereocenters. The molecular weight excluding hydrogens is 288 g/mol. The maximum Gasteiger partial charge on any atom is 0.123 e. The summed E-state index contributed by atoms with van der Waals surface area (Å²) in [6.45, 7) is 3.52. The molecule has 1 aliphatic heterocycles. The first kappa shape index (κ1) is 15.4. The van der Waals surface area contributed by atoms with Crippen molar-refractivity contribution in [3.8, 4) is 17.6 Å². The SMILES string of the molecule is COc1cc2c(cc1CNCc1ccc(C#N)cc1)OC(C)C2. The van der Waals surface area contributed by atoms with Crippen LogP contribution in [0.15, 0.2) is 36.4 Å². The van der Waals surface area contributed by atoms with Crippen molar-refractivity contribution in [3.05, 3.63) is 58.7 Å². The minimum Gasteiger partial charge on any atom is -0.496 e. The summed E-state index contributed by atoms with van der Waals surface area (Å²) >= 11 is 0. The summed E-state index contributed by atoms with van der Waals surface area (Å²) < 4.78 is 11.3. The molecule has 4 heteroatoms. The van der Waals surface area contributed by atoms with Crippen LogP contribution < -0.4 is 14.8 Å². The molecular formula is C19H20N2O2. The fraction of sp³-hybridized carbons (Fsp3) is 0.316. The van der Waals surface area contributed by atoms with Gasteiger partial charge in [0.1, 0.15) is 17.6 Å². The van der Waals surface area contributed by atoms with Gasteiger partial charge in [-0.25, -0.2) is 0 Å². The highest BCUT2D eigenvalue weighted by molar-refractivity contribution is 5.48. The van der Waals surface area contributed by atoms with E-state index in [1.54, 1.807) is 7.11 Å². The molecule has 2 aromatic rings. The number of hydrogen-bond donors (Lipinski definition) is 1. The highest BCUT2D eigenvalue weighted by Gasteiger charge is 2.21. The van der Waals surface area contributed by atoms with Crippen molar-refractivity contribution in [1.29, 1.82) is 5.26 Å². The van der Waals surface area contributed by atoms with E-state index in [1.165, 1.54) is 5.56 Å². The van der Waals surface area contributed by atoms with Crippen LogP contribution in [0, 0.1) is 11.3 Å². The van der Waals surface area contributed by atoms with Crippen LogP contribution in [0.25, 0.3) is 0 Å². The average molecular weight is 308 g/mol. The van der Waals surface area contributed by atoms with Crippen LogP contribution >= 0.6 is 0 Å². The number of methoxy groups -OCH3 is 1. The number of fused-ring (bicyclic) bond motifs is 1. The third-order valence-corrected chi connectivity index (χ3v) is 4.03. The Morgan fingerprint density at radius 1 is 1.26 bits per heavy atom. The minimum atomic E-state index is 0.233. The van der Waals surface area contributed by atoms with Crippen molar-refractivity contribution in [2.24, 2.45) is 0 Å². The first-order valence-electron chi connectivity index (χ1n) is 7.76. The molecule has 0 bridgehead atoms. The van der Waals surface area contributed by atoms with Crippen molar-refractivity contribution in [2.75, 3.05) is 7.11 Å². The Morgan fingerprint density at radius 3 is 2.74 bits per heavy atom. The number of rotatable bonds is 5. The predicted molar refractivity (Wildman–Crippen MR) is 88.5 cm³/mol. The molecule has 0 amide bonds. The summed E-state index contributed by atoms with van der Waals surface area (Å²) in [5, 5.41) is 12.2. The van der Waals surface area contributed by atoms with Gasteiger partial charge in [-0.15, -0.1) is 0 Å². The minimum absolute atomic E-state index is 0.233. The number of ether oxygens (including phenoxy) is 2. The summed E-state index contributed by atoms with van der Waals surface area (Å²) in [5.41, 5.74) is 4.13. The lowest BCUT2D eigenvalue weighted by atomic mass is 10.1. The zero-order valence-electron chi connectivity index (χ0n) is 13.4. The van der Waals surface area contributed by atoms with E-state index in [9.17, 15) is 0 Å². The highest BCUT2D eigenvalue weighted by atomic mass is 16.5. The lowest BCUT2D eigenvalue weighted by Gasteiger charge is -2.12.